The van der Waals surface area contributed by atoms with E-state index >= 15 is 0 Å². The monoisotopic (exact) mass is 449 g/mol. The van der Waals surface area contributed by atoms with E-state index in [1.54, 1.807) is 6.07 Å². The van der Waals surface area contributed by atoms with Crippen LogP contribution in [0.4, 0.5) is 10.8 Å². The van der Waals surface area contributed by atoms with Crippen molar-refractivity contribution < 1.29 is 9.59 Å². The third kappa shape index (κ3) is 5.00. The summed E-state index contributed by atoms with van der Waals surface area (Å²) in [5.74, 6) is -0.225. The molecule has 3 rings (SSSR count). The van der Waals surface area contributed by atoms with E-state index in [0.717, 1.165) is 21.4 Å². The average molecular weight is 450 g/mol. The Morgan fingerprint density at radius 2 is 2.04 bits per heavy atom. The molecule has 2 heterocycles. The van der Waals surface area contributed by atoms with E-state index < -0.39 is 0 Å². The quantitative estimate of drug-likeness (QED) is 0.549. The molecule has 0 atom stereocenters. The fourth-order valence-corrected chi connectivity index (χ4v) is 4.10. The molecule has 0 saturated heterocycles. The normalized spacial score (nSPS) is 10.5. The highest BCUT2D eigenvalue weighted by atomic mass is 79.9. The third-order valence-corrected chi connectivity index (χ3v) is 5.76. The van der Waals surface area contributed by atoms with Crippen LogP contribution < -0.4 is 10.6 Å². The van der Waals surface area contributed by atoms with E-state index in [0.29, 0.717) is 22.9 Å². The van der Waals surface area contributed by atoms with Crippen LogP contribution in [-0.4, -0.2) is 16.8 Å². The number of halogens is 1. The van der Waals surface area contributed by atoms with Gasteiger partial charge in [-0.2, -0.15) is 0 Å². The lowest BCUT2D eigenvalue weighted by molar-refractivity contribution is -0.116. The molecule has 0 radical (unpaired) electrons. The predicted octanol–water partition coefficient (Wildman–Crippen LogP) is 5.10. The number of amides is 2. The number of nitrogens with one attached hydrogen (secondary N) is 2. The van der Waals surface area contributed by atoms with Gasteiger partial charge in [0.1, 0.15) is 0 Å². The average Bonchev–Trinajstić information content (AvgIpc) is 3.27. The van der Waals surface area contributed by atoms with Gasteiger partial charge in [-0.15, -0.1) is 22.7 Å². The SMILES string of the molecule is Cc1cc(Br)ccc1NC(=O)CCc1csc(NC(=O)c2cccs2)n1. The first-order valence-electron chi connectivity index (χ1n) is 7.86. The molecule has 0 unspecified atom stereocenters. The molecule has 0 spiro atoms. The lowest BCUT2D eigenvalue weighted by Gasteiger charge is -2.08. The minimum atomic E-state index is -0.163. The second kappa shape index (κ2) is 8.57. The molecular weight excluding hydrogens is 434 g/mol. The summed E-state index contributed by atoms with van der Waals surface area (Å²) in [7, 11) is 0. The van der Waals surface area contributed by atoms with Gasteiger partial charge >= 0.3 is 0 Å². The van der Waals surface area contributed by atoms with Crippen molar-refractivity contribution >= 4 is 61.2 Å². The van der Waals surface area contributed by atoms with E-state index in [1.165, 1.54) is 22.7 Å². The summed E-state index contributed by atoms with van der Waals surface area (Å²) in [6, 6.07) is 9.32. The van der Waals surface area contributed by atoms with Gasteiger partial charge in [0, 0.05) is 22.0 Å². The number of thiazole rings is 1. The smallest absolute Gasteiger partial charge is 0.267 e. The van der Waals surface area contributed by atoms with Crippen LogP contribution in [0.3, 0.4) is 0 Å². The molecule has 8 heteroatoms. The minimum absolute atomic E-state index is 0.0624. The maximum atomic E-state index is 12.1. The van der Waals surface area contributed by atoms with Crippen molar-refractivity contribution in [2.45, 2.75) is 19.8 Å². The summed E-state index contributed by atoms with van der Waals surface area (Å²) >= 11 is 6.15. The van der Waals surface area contributed by atoms with Gasteiger partial charge in [0.2, 0.25) is 5.91 Å². The van der Waals surface area contributed by atoms with Crippen LogP contribution in [0.25, 0.3) is 0 Å². The summed E-state index contributed by atoms with van der Waals surface area (Å²) in [5, 5.41) is 9.95. The zero-order valence-corrected chi connectivity index (χ0v) is 17.1. The van der Waals surface area contributed by atoms with Crippen molar-refractivity contribution in [3.8, 4) is 0 Å². The fourth-order valence-electron chi connectivity index (χ4n) is 2.27. The largest absolute Gasteiger partial charge is 0.326 e. The van der Waals surface area contributed by atoms with Crippen LogP contribution in [0.15, 0.2) is 45.6 Å². The van der Waals surface area contributed by atoms with Crippen LogP contribution in [0.1, 0.15) is 27.3 Å². The van der Waals surface area contributed by atoms with E-state index in [4.69, 9.17) is 0 Å². The van der Waals surface area contributed by atoms with Crippen molar-refractivity contribution in [1.29, 1.82) is 0 Å². The highest BCUT2D eigenvalue weighted by Gasteiger charge is 2.11. The Morgan fingerprint density at radius 3 is 2.77 bits per heavy atom. The molecule has 0 saturated carbocycles. The van der Waals surface area contributed by atoms with Gasteiger partial charge in [0.05, 0.1) is 10.6 Å². The minimum Gasteiger partial charge on any atom is -0.326 e. The number of hydrogen-bond acceptors (Lipinski definition) is 5. The van der Waals surface area contributed by atoms with Gasteiger partial charge in [-0.3, -0.25) is 14.9 Å². The molecule has 2 amide bonds. The number of thiophene rings is 1. The van der Waals surface area contributed by atoms with Gasteiger partial charge in [-0.1, -0.05) is 22.0 Å². The lowest BCUT2D eigenvalue weighted by atomic mass is 10.2. The van der Waals surface area contributed by atoms with Crippen LogP contribution >= 0.6 is 38.6 Å². The van der Waals surface area contributed by atoms with Crippen LogP contribution in [0.2, 0.25) is 0 Å². The molecule has 0 aliphatic heterocycles. The Kier molecular flexibility index (Phi) is 6.18. The van der Waals surface area contributed by atoms with E-state index in [-0.39, 0.29) is 11.8 Å². The Hall–Kier alpha value is -2.03. The second-order valence-corrected chi connectivity index (χ2v) is 8.30. The van der Waals surface area contributed by atoms with Crippen molar-refractivity contribution in [3.05, 3.63) is 61.7 Å². The zero-order valence-electron chi connectivity index (χ0n) is 13.9. The maximum absolute atomic E-state index is 12.1. The first kappa shape index (κ1) is 18.8. The Balaban J connectivity index is 1.51. The Bertz CT molecular complexity index is 922. The number of anilines is 2. The third-order valence-electron chi connectivity index (χ3n) is 3.59. The summed E-state index contributed by atoms with van der Waals surface area (Å²) in [6.45, 7) is 1.95. The van der Waals surface area contributed by atoms with E-state index in [9.17, 15) is 9.59 Å². The highest BCUT2D eigenvalue weighted by molar-refractivity contribution is 9.10. The van der Waals surface area contributed by atoms with Crippen LogP contribution in [0, 0.1) is 6.92 Å². The number of carbonyl (C=O) groups excluding carboxylic acids is 2. The Labute approximate surface area is 167 Å². The molecule has 1 aromatic carbocycles. The van der Waals surface area contributed by atoms with Crippen LogP contribution in [-0.2, 0) is 11.2 Å². The number of hydrogen-bond donors (Lipinski definition) is 2. The molecule has 5 nitrogen and oxygen atoms in total. The summed E-state index contributed by atoms with van der Waals surface area (Å²) in [4.78, 5) is 29.2. The number of nitrogens with zero attached hydrogens (tertiary/aromatic N) is 1. The van der Waals surface area contributed by atoms with Crippen molar-refractivity contribution in [3.63, 3.8) is 0 Å². The van der Waals surface area contributed by atoms with E-state index in [2.05, 4.69) is 31.5 Å². The summed E-state index contributed by atoms with van der Waals surface area (Å²) in [5.41, 5.74) is 2.60. The molecule has 26 heavy (non-hydrogen) atoms. The number of benzene rings is 1. The molecule has 2 N–H and O–H groups in total. The molecule has 134 valence electrons. The van der Waals surface area contributed by atoms with Gasteiger partial charge < -0.3 is 5.32 Å². The second-order valence-electron chi connectivity index (χ2n) is 5.58. The van der Waals surface area contributed by atoms with Crippen LogP contribution in [0.5, 0.6) is 0 Å². The number of rotatable bonds is 6. The number of carbonyl (C=O) groups is 2. The molecule has 0 bridgehead atoms. The van der Waals surface area contributed by atoms with Crippen molar-refractivity contribution in [1.82, 2.24) is 4.98 Å². The highest BCUT2D eigenvalue weighted by Crippen LogP contribution is 2.21. The zero-order chi connectivity index (χ0) is 18.5. The van der Waals surface area contributed by atoms with E-state index in [1.807, 2.05) is 41.9 Å². The molecular formula is C18H16BrN3O2S2. The summed E-state index contributed by atoms with van der Waals surface area (Å²) in [6.07, 6.45) is 0.852. The summed E-state index contributed by atoms with van der Waals surface area (Å²) < 4.78 is 0.979. The van der Waals surface area contributed by atoms with Gasteiger partial charge in [0.15, 0.2) is 5.13 Å². The molecule has 0 aliphatic rings. The lowest BCUT2D eigenvalue weighted by Crippen LogP contribution is -2.13. The van der Waals surface area contributed by atoms with Gasteiger partial charge in [-0.25, -0.2) is 4.98 Å². The maximum Gasteiger partial charge on any atom is 0.267 e. The molecule has 0 fully saturated rings. The molecule has 2 aromatic heterocycles. The number of aryl methyl sites for hydroxylation is 2. The van der Waals surface area contributed by atoms with Crippen molar-refractivity contribution in [2.24, 2.45) is 0 Å². The first-order valence-corrected chi connectivity index (χ1v) is 10.4. The first-order chi connectivity index (χ1) is 12.5. The van der Waals surface area contributed by atoms with Gasteiger partial charge in [-0.05, 0) is 48.6 Å². The molecule has 0 aliphatic carbocycles. The predicted molar refractivity (Wildman–Crippen MR) is 110 cm³/mol. The standard InChI is InChI=1S/C18H16BrN3O2S2/c1-11-9-12(19)4-6-14(11)21-16(23)7-5-13-10-26-18(20-13)22-17(24)15-3-2-8-25-15/h2-4,6,8-10H,5,7H2,1H3,(H,21,23)(H,20,22,24). The fraction of sp³-hybridized carbons (Fsp3) is 0.167. The topological polar surface area (TPSA) is 71.1 Å². The Morgan fingerprint density at radius 1 is 1.19 bits per heavy atom. The van der Waals surface area contributed by atoms with Crippen molar-refractivity contribution in [2.75, 3.05) is 10.6 Å². The van der Waals surface area contributed by atoms with Gasteiger partial charge in [0.25, 0.3) is 5.91 Å². The molecule has 3 aromatic rings. The number of aromatic nitrogens is 1.